The van der Waals surface area contributed by atoms with Crippen molar-refractivity contribution in [3.05, 3.63) is 0 Å². The lowest BCUT2D eigenvalue weighted by atomic mass is 9.43. The Hall–Kier alpha value is -0.640. The SMILES string of the molecule is CC1CCC2(OC1)OC1CC3C4CCC5C[C@@H](O[C@@H]6OC[C@@H](O)[C@H](O)[C@H]6O[C@@H]6O[C@@H](C)[C@@H](O)[C@@H](O[C@@H]7O[C@@H](C)[C@H](O)[C@@H](O)[C@H]7O)[C@H]6O)C[C@@H](O)[C@]5(C)C4CC[C@]3(C)C1C2C. The molecule has 4 saturated carbocycles. The first kappa shape index (κ1) is 44.6. The Bertz CT molecular complexity index is 1520. The van der Waals surface area contributed by atoms with E-state index >= 15 is 0 Å². The van der Waals surface area contributed by atoms with Crippen molar-refractivity contribution in [3.63, 3.8) is 0 Å². The predicted octanol–water partition coefficient (Wildman–Crippen LogP) is 0.932. The predicted molar refractivity (Wildman–Crippen MR) is 208 cm³/mol. The maximum Gasteiger partial charge on any atom is 0.187 e. The van der Waals surface area contributed by atoms with Crippen LogP contribution in [0, 0.1) is 52.3 Å². The topological polar surface area (TPSA) is 236 Å². The van der Waals surface area contributed by atoms with Gasteiger partial charge in [0.2, 0.25) is 0 Å². The van der Waals surface area contributed by atoms with Crippen LogP contribution in [-0.4, -0.2) is 164 Å². The van der Waals surface area contributed by atoms with Gasteiger partial charge in [0.1, 0.15) is 54.9 Å². The van der Waals surface area contributed by atoms with Crippen LogP contribution in [0.1, 0.15) is 99.3 Å². The Morgan fingerprint density at radius 1 is 0.600 bits per heavy atom. The van der Waals surface area contributed by atoms with E-state index in [1.165, 1.54) is 13.8 Å². The number of hydrogen-bond donors (Lipinski definition) is 8. The van der Waals surface area contributed by atoms with Crippen LogP contribution in [0.4, 0.5) is 0 Å². The van der Waals surface area contributed by atoms with E-state index in [0.717, 1.165) is 51.6 Å². The Balaban J connectivity index is 0.860. The van der Waals surface area contributed by atoms with E-state index in [4.69, 9.17) is 37.9 Å². The minimum atomic E-state index is -1.71. The average Bonchev–Trinajstić information content (AvgIpc) is 3.66. The van der Waals surface area contributed by atoms with Crippen molar-refractivity contribution in [3.8, 4) is 0 Å². The molecular formula is C44H72O16. The number of aliphatic hydroxyl groups excluding tert-OH is 8. The Morgan fingerprint density at radius 2 is 1.30 bits per heavy atom. The van der Waals surface area contributed by atoms with Crippen molar-refractivity contribution in [2.75, 3.05) is 13.2 Å². The summed E-state index contributed by atoms with van der Waals surface area (Å²) in [6.45, 7) is 13.0. The second-order valence-electron chi connectivity index (χ2n) is 21.1. The molecule has 16 nitrogen and oxygen atoms in total. The number of fused-ring (bicyclic) bond motifs is 7. The second kappa shape index (κ2) is 16.4. The third-order valence-electron chi connectivity index (χ3n) is 17.9. The zero-order chi connectivity index (χ0) is 42.8. The van der Waals surface area contributed by atoms with Crippen molar-refractivity contribution < 1.29 is 78.7 Å². The van der Waals surface area contributed by atoms with Gasteiger partial charge in [0, 0.05) is 18.8 Å². The molecule has 1 spiro atoms. The van der Waals surface area contributed by atoms with Crippen LogP contribution in [0.15, 0.2) is 0 Å². The monoisotopic (exact) mass is 856 g/mol. The molecule has 0 amide bonds. The Morgan fingerprint density at radius 3 is 2.02 bits per heavy atom. The Kier molecular flexibility index (Phi) is 12.1. The molecule has 5 saturated heterocycles. The van der Waals surface area contributed by atoms with Gasteiger partial charge in [-0.1, -0.05) is 27.7 Å². The standard InChI is InChI=1S/C44H72O16/c1-18-9-12-44(54-16-18)19(2)30-28(60-44)15-26-24-8-7-22-13-23(14-29(46)43(22,6)25(24)10-11-42(26,30)5)57-41-38(33(49)27(45)17-53-41)59-40-36(52)37(32(48)21(4)56-40)58-39-35(51)34(50)31(47)20(3)55-39/h18-41,45-52H,7-17H2,1-6H3/t18?,19?,20-,21-,22?,23+,24?,25?,26?,27+,28?,29+,30?,31-,32+,33-,34+,35+,36+,37+,38+,39-,40-,41-,42-,43-,44?/m0/s1. The van der Waals surface area contributed by atoms with Crippen LogP contribution in [0.2, 0.25) is 0 Å². The molecule has 9 aliphatic rings. The molecule has 5 heterocycles. The Labute approximate surface area is 353 Å². The van der Waals surface area contributed by atoms with E-state index in [0.29, 0.717) is 48.3 Å². The lowest BCUT2D eigenvalue weighted by Crippen LogP contribution is -2.65. The molecule has 9 rings (SSSR count). The minimum absolute atomic E-state index is 0.168. The van der Waals surface area contributed by atoms with Gasteiger partial charge in [-0.2, -0.15) is 0 Å². The van der Waals surface area contributed by atoms with Crippen LogP contribution < -0.4 is 0 Å². The second-order valence-corrected chi connectivity index (χ2v) is 21.1. The highest BCUT2D eigenvalue weighted by Gasteiger charge is 2.70. The number of ether oxygens (including phenoxy) is 8. The van der Waals surface area contributed by atoms with E-state index in [-0.39, 0.29) is 29.5 Å². The summed E-state index contributed by atoms with van der Waals surface area (Å²) in [5.41, 5.74) is -0.133. The minimum Gasteiger partial charge on any atom is -0.392 e. The maximum atomic E-state index is 12.2. The summed E-state index contributed by atoms with van der Waals surface area (Å²) in [7, 11) is 0. The fourth-order valence-electron chi connectivity index (χ4n) is 14.3. The van der Waals surface area contributed by atoms with Crippen molar-refractivity contribution in [2.24, 2.45) is 52.3 Å². The highest BCUT2D eigenvalue weighted by Crippen LogP contribution is 2.71. The fraction of sp³-hybridized carbons (Fsp3) is 1.00. The van der Waals surface area contributed by atoms with Gasteiger partial charge in [-0.05, 0) is 105 Å². The van der Waals surface area contributed by atoms with Gasteiger partial charge in [-0.25, -0.2) is 0 Å². The lowest BCUT2D eigenvalue weighted by molar-refractivity contribution is -0.379. The van der Waals surface area contributed by atoms with Crippen LogP contribution in [0.5, 0.6) is 0 Å². The lowest BCUT2D eigenvalue weighted by Gasteiger charge is -2.62. The first-order chi connectivity index (χ1) is 28.4. The van der Waals surface area contributed by atoms with Crippen LogP contribution >= 0.6 is 0 Å². The van der Waals surface area contributed by atoms with E-state index < -0.39 is 104 Å². The first-order valence-corrected chi connectivity index (χ1v) is 23.0. The third-order valence-corrected chi connectivity index (χ3v) is 17.9. The van der Waals surface area contributed by atoms with E-state index in [9.17, 15) is 40.9 Å². The molecule has 0 aromatic carbocycles. The highest BCUT2D eigenvalue weighted by atomic mass is 16.8. The van der Waals surface area contributed by atoms with Gasteiger partial charge in [0.25, 0.3) is 0 Å². The molecule has 344 valence electrons. The first-order valence-electron chi connectivity index (χ1n) is 23.0. The van der Waals surface area contributed by atoms with Crippen molar-refractivity contribution >= 4 is 0 Å². The van der Waals surface area contributed by atoms with E-state index in [1.54, 1.807) is 0 Å². The molecule has 27 atom stereocenters. The normalized spacial score (nSPS) is 60.5. The zero-order valence-corrected chi connectivity index (χ0v) is 36.0. The summed E-state index contributed by atoms with van der Waals surface area (Å²) in [6.07, 6.45) is -12.1. The van der Waals surface area contributed by atoms with Gasteiger partial charge in [-0.15, -0.1) is 0 Å². The third kappa shape index (κ3) is 7.09. The molecule has 0 bridgehead atoms. The molecule has 0 aromatic heterocycles. The van der Waals surface area contributed by atoms with Crippen molar-refractivity contribution in [2.45, 2.75) is 209 Å². The summed E-state index contributed by atoms with van der Waals surface area (Å²) >= 11 is 0. The summed E-state index contributed by atoms with van der Waals surface area (Å²) in [5.74, 6) is 2.52. The molecule has 0 radical (unpaired) electrons. The summed E-state index contributed by atoms with van der Waals surface area (Å²) in [4.78, 5) is 0. The summed E-state index contributed by atoms with van der Waals surface area (Å²) in [6, 6.07) is 0. The van der Waals surface area contributed by atoms with E-state index in [1.807, 2.05) is 0 Å². The molecule has 9 unspecified atom stereocenters. The van der Waals surface area contributed by atoms with Crippen LogP contribution in [0.3, 0.4) is 0 Å². The van der Waals surface area contributed by atoms with Crippen LogP contribution in [-0.2, 0) is 37.9 Å². The summed E-state index contributed by atoms with van der Waals surface area (Å²) < 4.78 is 49.4. The largest absolute Gasteiger partial charge is 0.392 e. The van der Waals surface area contributed by atoms with Crippen molar-refractivity contribution in [1.82, 2.24) is 0 Å². The smallest absolute Gasteiger partial charge is 0.187 e. The van der Waals surface area contributed by atoms with E-state index in [2.05, 4.69) is 27.7 Å². The molecule has 0 aromatic rings. The number of rotatable bonds is 6. The molecular weight excluding hydrogens is 784 g/mol. The molecule has 4 aliphatic carbocycles. The number of aliphatic hydroxyl groups is 8. The van der Waals surface area contributed by atoms with Gasteiger partial charge in [0.05, 0.1) is 43.7 Å². The highest BCUT2D eigenvalue weighted by molar-refractivity contribution is 5.16. The molecule has 8 N–H and O–H groups in total. The zero-order valence-electron chi connectivity index (χ0n) is 36.0. The molecule has 5 aliphatic heterocycles. The molecule has 9 fully saturated rings. The van der Waals surface area contributed by atoms with Gasteiger partial charge in [-0.3, -0.25) is 0 Å². The number of hydrogen-bond acceptors (Lipinski definition) is 16. The van der Waals surface area contributed by atoms with Gasteiger partial charge in [0.15, 0.2) is 24.7 Å². The molecule has 16 heteroatoms. The molecule has 60 heavy (non-hydrogen) atoms. The van der Waals surface area contributed by atoms with Gasteiger partial charge >= 0.3 is 0 Å². The fourth-order valence-corrected chi connectivity index (χ4v) is 14.3. The summed E-state index contributed by atoms with van der Waals surface area (Å²) in [5, 5.41) is 87.6. The van der Waals surface area contributed by atoms with Crippen LogP contribution in [0.25, 0.3) is 0 Å². The van der Waals surface area contributed by atoms with Gasteiger partial charge < -0.3 is 78.7 Å². The quantitative estimate of drug-likeness (QED) is 0.174. The van der Waals surface area contributed by atoms with Crippen molar-refractivity contribution in [1.29, 1.82) is 0 Å². The average molecular weight is 857 g/mol. The maximum absolute atomic E-state index is 12.2.